The fourth-order valence-corrected chi connectivity index (χ4v) is 3.14. The second kappa shape index (κ2) is 8.77. The number of aryl methyl sites for hydroxylation is 3. The highest BCUT2D eigenvalue weighted by Gasteiger charge is 2.16. The lowest BCUT2D eigenvalue weighted by Gasteiger charge is -2.12. The molecule has 0 atom stereocenters. The lowest BCUT2D eigenvalue weighted by Crippen LogP contribution is -2.01. The number of carbonyl (C=O) groups is 1. The summed E-state index contributed by atoms with van der Waals surface area (Å²) >= 11 is 0. The Balaban J connectivity index is 1.77. The molecule has 29 heavy (non-hydrogen) atoms. The van der Waals surface area contributed by atoms with Gasteiger partial charge in [-0.2, -0.15) is 0 Å². The number of aliphatic carboxylic acids is 1. The van der Waals surface area contributed by atoms with Crippen molar-refractivity contribution in [3.63, 3.8) is 0 Å². The van der Waals surface area contributed by atoms with Gasteiger partial charge in [-0.15, -0.1) is 0 Å². The molecule has 152 valence electrons. The molecule has 0 bridgehead atoms. The number of ether oxygens (including phenoxy) is 2. The molecule has 0 aliphatic heterocycles. The van der Waals surface area contributed by atoms with Gasteiger partial charge in [-0.05, 0) is 49.6 Å². The van der Waals surface area contributed by atoms with Gasteiger partial charge < -0.3 is 19.1 Å². The van der Waals surface area contributed by atoms with Crippen LogP contribution >= 0.6 is 0 Å². The van der Waals surface area contributed by atoms with Crippen LogP contribution in [0.5, 0.6) is 11.5 Å². The number of nitrogens with zero attached hydrogens (tertiary/aromatic N) is 1. The highest BCUT2D eigenvalue weighted by Crippen LogP contribution is 2.35. The van der Waals surface area contributed by atoms with Crippen LogP contribution in [0.3, 0.4) is 0 Å². The molecule has 0 aliphatic carbocycles. The fraction of sp³-hybridized carbons (Fsp3) is 0.273. The quantitative estimate of drug-likeness (QED) is 0.591. The minimum atomic E-state index is -0.960. The average Bonchev–Trinajstić information content (AvgIpc) is 3.03. The molecule has 3 rings (SSSR count). The van der Waals surface area contributed by atoms with E-state index in [2.05, 4.69) is 5.16 Å². The molecular weight excluding hydrogens is 377 g/mol. The zero-order valence-corrected chi connectivity index (χ0v) is 16.5. The highest BCUT2D eigenvalue weighted by molar-refractivity contribution is 5.74. The van der Waals surface area contributed by atoms with Crippen LogP contribution in [0.2, 0.25) is 0 Å². The Morgan fingerprint density at radius 1 is 1.21 bits per heavy atom. The first-order valence-corrected chi connectivity index (χ1v) is 9.12. The number of methoxy groups -OCH3 is 1. The van der Waals surface area contributed by atoms with Crippen molar-refractivity contribution in [3.8, 4) is 22.6 Å². The van der Waals surface area contributed by atoms with Gasteiger partial charge in [0.25, 0.3) is 0 Å². The summed E-state index contributed by atoms with van der Waals surface area (Å²) in [7, 11) is 1.60. The van der Waals surface area contributed by atoms with Gasteiger partial charge in [-0.3, -0.25) is 4.79 Å². The predicted octanol–water partition coefficient (Wildman–Crippen LogP) is 4.70. The van der Waals surface area contributed by atoms with Gasteiger partial charge >= 0.3 is 5.97 Å². The molecule has 0 saturated carbocycles. The molecule has 6 nitrogen and oxygen atoms in total. The molecule has 0 amide bonds. The normalized spacial score (nSPS) is 10.8. The topological polar surface area (TPSA) is 81.8 Å². The fourth-order valence-electron chi connectivity index (χ4n) is 3.14. The van der Waals surface area contributed by atoms with Crippen LogP contribution in [-0.2, 0) is 17.8 Å². The second-order valence-electron chi connectivity index (χ2n) is 6.67. The lowest BCUT2D eigenvalue weighted by atomic mass is 10.0. The predicted molar refractivity (Wildman–Crippen MR) is 105 cm³/mol. The van der Waals surface area contributed by atoms with E-state index in [9.17, 15) is 9.18 Å². The van der Waals surface area contributed by atoms with Crippen molar-refractivity contribution in [1.29, 1.82) is 0 Å². The third kappa shape index (κ3) is 4.74. The van der Waals surface area contributed by atoms with Crippen molar-refractivity contribution < 1.29 is 28.3 Å². The Morgan fingerprint density at radius 2 is 2.00 bits per heavy atom. The van der Waals surface area contributed by atoms with Crippen molar-refractivity contribution in [3.05, 3.63) is 64.8 Å². The number of aromatic nitrogens is 1. The largest absolute Gasteiger partial charge is 0.496 e. The Kier molecular flexibility index (Phi) is 6.16. The van der Waals surface area contributed by atoms with Crippen LogP contribution < -0.4 is 9.47 Å². The monoisotopic (exact) mass is 399 g/mol. The van der Waals surface area contributed by atoms with Gasteiger partial charge in [0.15, 0.2) is 0 Å². The van der Waals surface area contributed by atoms with Gasteiger partial charge in [0.2, 0.25) is 0 Å². The molecule has 3 aromatic rings. The number of hydrogen-bond donors (Lipinski definition) is 1. The number of carboxylic acid groups (broad SMARTS) is 1. The van der Waals surface area contributed by atoms with E-state index in [-0.39, 0.29) is 19.4 Å². The molecule has 7 heteroatoms. The molecule has 0 radical (unpaired) electrons. The van der Waals surface area contributed by atoms with E-state index >= 15 is 0 Å². The smallest absolute Gasteiger partial charge is 0.303 e. The minimum absolute atomic E-state index is 0.118. The molecule has 1 N–H and O–H groups in total. The lowest BCUT2D eigenvalue weighted by molar-refractivity contribution is -0.136. The molecule has 0 aliphatic rings. The molecule has 1 aromatic heterocycles. The standard InChI is InChI=1S/C22H22FNO5/c1-13-22(14(2)29-24-13)18-10-15(4-8-20(18)27-3)12-28-17-7-5-16(19(23)11-17)6-9-21(25)26/h4-5,7-8,10-11H,6,9,12H2,1-3H3,(H,25,26). The summed E-state index contributed by atoms with van der Waals surface area (Å²) in [5.74, 6) is 0.319. The molecule has 1 heterocycles. The van der Waals surface area contributed by atoms with Crippen LogP contribution in [0, 0.1) is 19.7 Å². The van der Waals surface area contributed by atoms with Crippen molar-refractivity contribution in [2.75, 3.05) is 7.11 Å². The highest BCUT2D eigenvalue weighted by atomic mass is 19.1. The van der Waals surface area contributed by atoms with E-state index in [1.807, 2.05) is 32.0 Å². The summed E-state index contributed by atoms with van der Waals surface area (Å²) in [5, 5.41) is 12.7. The minimum Gasteiger partial charge on any atom is -0.496 e. The first kappa shape index (κ1) is 20.4. The number of carboxylic acids is 1. The van der Waals surface area contributed by atoms with Gasteiger partial charge in [0, 0.05) is 18.1 Å². The molecule has 0 unspecified atom stereocenters. The first-order valence-electron chi connectivity index (χ1n) is 9.12. The number of benzene rings is 2. The van der Waals surface area contributed by atoms with E-state index in [0.717, 1.165) is 22.4 Å². The summed E-state index contributed by atoms with van der Waals surface area (Å²) in [6, 6.07) is 10.1. The Hall–Kier alpha value is -3.35. The third-order valence-electron chi connectivity index (χ3n) is 4.60. The molecule has 0 saturated heterocycles. The SMILES string of the molecule is COc1ccc(COc2ccc(CCC(=O)O)c(F)c2)cc1-c1c(C)noc1C. The summed E-state index contributed by atoms with van der Waals surface area (Å²) in [5.41, 5.74) is 3.71. The number of rotatable bonds is 8. The zero-order valence-electron chi connectivity index (χ0n) is 16.5. The van der Waals surface area contributed by atoms with E-state index in [0.29, 0.717) is 22.8 Å². The average molecular weight is 399 g/mol. The van der Waals surface area contributed by atoms with E-state index in [1.54, 1.807) is 19.2 Å². The van der Waals surface area contributed by atoms with Crippen LogP contribution in [0.25, 0.3) is 11.1 Å². The Morgan fingerprint density at radius 3 is 2.62 bits per heavy atom. The van der Waals surface area contributed by atoms with Crippen LogP contribution in [-0.4, -0.2) is 23.3 Å². The van der Waals surface area contributed by atoms with Crippen LogP contribution in [0.15, 0.2) is 40.9 Å². The third-order valence-corrected chi connectivity index (χ3v) is 4.60. The van der Waals surface area contributed by atoms with E-state index < -0.39 is 11.8 Å². The van der Waals surface area contributed by atoms with Gasteiger partial charge in [0.05, 0.1) is 18.4 Å². The summed E-state index contributed by atoms with van der Waals surface area (Å²) in [6.45, 7) is 3.93. The number of halogens is 1. The van der Waals surface area contributed by atoms with Gasteiger partial charge in [-0.1, -0.05) is 17.3 Å². The maximum atomic E-state index is 14.2. The van der Waals surface area contributed by atoms with Crippen molar-refractivity contribution in [2.24, 2.45) is 0 Å². The zero-order chi connectivity index (χ0) is 21.0. The molecule has 2 aromatic carbocycles. The first-order chi connectivity index (χ1) is 13.9. The molecule has 0 spiro atoms. The second-order valence-corrected chi connectivity index (χ2v) is 6.67. The summed E-state index contributed by atoms with van der Waals surface area (Å²) in [6.07, 6.45) is 0.0220. The molecular formula is C22H22FNO5. The Bertz CT molecular complexity index is 1010. The van der Waals surface area contributed by atoms with Crippen LogP contribution in [0.1, 0.15) is 29.0 Å². The summed E-state index contributed by atoms with van der Waals surface area (Å²) in [4.78, 5) is 10.6. The van der Waals surface area contributed by atoms with Crippen molar-refractivity contribution >= 4 is 5.97 Å². The molecule has 0 fully saturated rings. The van der Waals surface area contributed by atoms with E-state index in [1.165, 1.54) is 6.07 Å². The van der Waals surface area contributed by atoms with Crippen molar-refractivity contribution in [2.45, 2.75) is 33.3 Å². The van der Waals surface area contributed by atoms with Gasteiger partial charge in [0.1, 0.15) is 29.7 Å². The maximum absolute atomic E-state index is 14.2. The maximum Gasteiger partial charge on any atom is 0.303 e. The van der Waals surface area contributed by atoms with E-state index in [4.69, 9.17) is 19.1 Å². The summed E-state index contributed by atoms with van der Waals surface area (Å²) < 4.78 is 30.6. The Labute approximate surface area is 167 Å². The van der Waals surface area contributed by atoms with Crippen LogP contribution in [0.4, 0.5) is 4.39 Å². The van der Waals surface area contributed by atoms with Crippen molar-refractivity contribution in [1.82, 2.24) is 5.16 Å². The van der Waals surface area contributed by atoms with Gasteiger partial charge in [-0.25, -0.2) is 4.39 Å². The number of hydrogen-bond acceptors (Lipinski definition) is 5.